The zero-order chi connectivity index (χ0) is 12.1. The van der Waals surface area contributed by atoms with E-state index in [0.29, 0.717) is 6.54 Å². The van der Waals surface area contributed by atoms with Gasteiger partial charge in [0.05, 0.1) is 6.54 Å². The highest BCUT2D eigenvalue weighted by molar-refractivity contribution is 5.65. The molecule has 0 aliphatic carbocycles. The average Bonchev–Trinajstić information content (AvgIpc) is 2.38. The van der Waals surface area contributed by atoms with Crippen LogP contribution < -0.4 is 5.73 Å². The van der Waals surface area contributed by atoms with Crippen molar-refractivity contribution in [2.24, 2.45) is 5.73 Å². The van der Waals surface area contributed by atoms with E-state index in [2.05, 4.69) is 11.8 Å². The Morgan fingerprint density at radius 3 is 1.94 bits per heavy atom. The van der Waals surface area contributed by atoms with E-state index < -0.39 is 0 Å². The summed E-state index contributed by atoms with van der Waals surface area (Å²) in [6.45, 7) is 0.375. The molecule has 2 nitrogen and oxygen atoms in total. The molecule has 0 fully saturated rings. The van der Waals surface area contributed by atoms with Crippen LogP contribution in [0.1, 0.15) is 5.56 Å². The molecule has 0 saturated heterocycles. The van der Waals surface area contributed by atoms with Crippen molar-refractivity contribution in [3.8, 4) is 28.7 Å². The molecule has 2 aromatic rings. The fourth-order valence-electron chi connectivity index (χ4n) is 1.55. The van der Waals surface area contributed by atoms with Crippen molar-refractivity contribution >= 4 is 0 Å². The lowest BCUT2D eigenvalue weighted by Crippen LogP contribution is -1.92. The Kier molecular flexibility index (Phi) is 3.44. The molecule has 0 unspecified atom stereocenters. The normalized spacial score (nSPS) is 9.47. The van der Waals surface area contributed by atoms with Gasteiger partial charge in [-0.15, -0.1) is 0 Å². The summed E-state index contributed by atoms with van der Waals surface area (Å²) < 4.78 is 0. The third kappa shape index (κ3) is 2.87. The molecule has 0 amide bonds. The molecule has 2 heteroatoms. The number of rotatable bonds is 1. The molecule has 2 aromatic carbocycles. The van der Waals surface area contributed by atoms with Crippen LogP contribution in [0.25, 0.3) is 11.1 Å². The summed E-state index contributed by atoms with van der Waals surface area (Å²) in [5, 5.41) is 9.21. The van der Waals surface area contributed by atoms with Gasteiger partial charge >= 0.3 is 0 Å². The van der Waals surface area contributed by atoms with E-state index in [-0.39, 0.29) is 5.75 Å². The largest absolute Gasteiger partial charge is 0.508 e. The first-order valence-electron chi connectivity index (χ1n) is 5.38. The van der Waals surface area contributed by atoms with Gasteiger partial charge in [0.25, 0.3) is 0 Å². The Labute approximate surface area is 101 Å². The molecule has 0 radical (unpaired) electrons. The van der Waals surface area contributed by atoms with E-state index in [1.54, 1.807) is 12.1 Å². The van der Waals surface area contributed by atoms with Crippen molar-refractivity contribution in [2.45, 2.75) is 0 Å². The molecule has 0 aliphatic heterocycles. The highest BCUT2D eigenvalue weighted by Gasteiger charge is 1.97. The van der Waals surface area contributed by atoms with Gasteiger partial charge in [0.15, 0.2) is 0 Å². The Bertz CT molecular complexity index is 544. The molecule has 17 heavy (non-hydrogen) atoms. The second-order valence-electron chi connectivity index (χ2n) is 3.63. The van der Waals surface area contributed by atoms with E-state index in [4.69, 9.17) is 5.73 Å². The van der Waals surface area contributed by atoms with Crippen molar-refractivity contribution in [3.63, 3.8) is 0 Å². The number of phenolic OH excluding ortho intramolecular Hbond substituents is 1. The van der Waals surface area contributed by atoms with Gasteiger partial charge in [-0.25, -0.2) is 0 Å². The lowest BCUT2D eigenvalue weighted by Gasteiger charge is -2.01. The average molecular weight is 223 g/mol. The summed E-state index contributed by atoms with van der Waals surface area (Å²) in [7, 11) is 0. The predicted molar refractivity (Wildman–Crippen MR) is 69.5 cm³/mol. The molecule has 0 atom stereocenters. The minimum Gasteiger partial charge on any atom is -0.508 e. The summed E-state index contributed by atoms with van der Waals surface area (Å²) in [6, 6.07) is 15.1. The molecule has 0 heterocycles. The molecule has 0 spiro atoms. The van der Waals surface area contributed by atoms with Crippen LogP contribution in [0, 0.1) is 11.8 Å². The minimum absolute atomic E-state index is 0.277. The smallest absolute Gasteiger partial charge is 0.115 e. The Morgan fingerprint density at radius 2 is 1.41 bits per heavy atom. The number of phenols is 1. The van der Waals surface area contributed by atoms with Gasteiger partial charge in [-0.05, 0) is 35.4 Å². The maximum Gasteiger partial charge on any atom is 0.115 e. The van der Waals surface area contributed by atoms with Crippen LogP contribution in [0.5, 0.6) is 5.75 Å². The van der Waals surface area contributed by atoms with Crippen LogP contribution in [0.15, 0.2) is 48.5 Å². The Hall–Kier alpha value is -2.24. The summed E-state index contributed by atoms with van der Waals surface area (Å²) in [5.41, 5.74) is 8.44. The van der Waals surface area contributed by atoms with Gasteiger partial charge in [0.2, 0.25) is 0 Å². The fraction of sp³-hybridized carbons (Fsp3) is 0.0667. The molecule has 2 rings (SSSR count). The molecular weight excluding hydrogens is 210 g/mol. The molecule has 0 aromatic heterocycles. The maximum atomic E-state index is 9.21. The standard InChI is InChI=1S/C15H13NO/c16-11-1-2-12-3-5-13(6-4-12)14-7-9-15(17)10-8-14/h3-10,17H,11,16H2. The SMILES string of the molecule is NCC#Cc1ccc(-c2ccc(O)cc2)cc1. The minimum atomic E-state index is 0.277. The van der Waals surface area contributed by atoms with E-state index in [1.807, 2.05) is 36.4 Å². The number of nitrogens with two attached hydrogens (primary N) is 1. The molecule has 0 bridgehead atoms. The van der Waals surface area contributed by atoms with Crippen molar-refractivity contribution in [1.82, 2.24) is 0 Å². The van der Waals surface area contributed by atoms with Crippen LogP contribution in [0.4, 0.5) is 0 Å². The van der Waals surface area contributed by atoms with E-state index in [0.717, 1.165) is 16.7 Å². The van der Waals surface area contributed by atoms with Gasteiger partial charge in [-0.1, -0.05) is 36.1 Å². The zero-order valence-corrected chi connectivity index (χ0v) is 9.35. The fourth-order valence-corrected chi connectivity index (χ4v) is 1.55. The maximum absolute atomic E-state index is 9.21. The summed E-state index contributed by atoms with van der Waals surface area (Å²) in [4.78, 5) is 0. The van der Waals surface area contributed by atoms with E-state index >= 15 is 0 Å². The monoisotopic (exact) mass is 223 g/mol. The van der Waals surface area contributed by atoms with Crippen molar-refractivity contribution in [3.05, 3.63) is 54.1 Å². The summed E-state index contributed by atoms with van der Waals surface area (Å²) in [6.07, 6.45) is 0. The van der Waals surface area contributed by atoms with Gasteiger partial charge in [-0.3, -0.25) is 0 Å². The molecule has 0 aliphatic rings. The first kappa shape index (κ1) is 11.3. The quantitative estimate of drug-likeness (QED) is 0.729. The molecule has 3 N–H and O–H groups in total. The van der Waals surface area contributed by atoms with Crippen molar-refractivity contribution in [1.29, 1.82) is 0 Å². The van der Waals surface area contributed by atoms with Crippen LogP contribution in [-0.2, 0) is 0 Å². The lowest BCUT2D eigenvalue weighted by atomic mass is 10.0. The number of hydrogen-bond donors (Lipinski definition) is 2. The molecular formula is C15H13NO. The van der Waals surface area contributed by atoms with Crippen LogP contribution in [0.3, 0.4) is 0 Å². The van der Waals surface area contributed by atoms with Crippen LogP contribution in [0.2, 0.25) is 0 Å². The lowest BCUT2D eigenvalue weighted by molar-refractivity contribution is 0.475. The second kappa shape index (κ2) is 5.20. The van der Waals surface area contributed by atoms with Gasteiger partial charge in [-0.2, -0.15) is 0 Å². The van der Waals surface area contributed by atoms with Gasteiger partial charge < -0.3 is 10.8 Å². The molecule has 0 saturated carbocycles. The highest BCUT2D eigenvalue weighted by atomic mass is 16.3. The number of benzene rings is 2. The van der Waals surface area contributed by atoms with Crippen molar-refractivity contribution in [2.75, 3.05) is 6.54 Å². The third-order valence-corrected chi connectivity index (χ3v) is 2.42. The second-order valence-corrected chi connectivity index (χ2v) is 3.63. The third-order valence-electron chi connectivity index (χ3n) is 2.42. The molecule has 84 valence electrons. The Balaban J connectivity index is 2.26. The van der Waals surface area contributed by atoms with Crippen LogP contribution >= 0.6 is 0 Å². The highest BCUT2D eigenvalue weighted by Crippen LogP contribution is 2.21. The summed E-state index contributed by atoms with van der Waals surface area (Å²) in [5.74, 6) is 6.07. The number of aromatic hydroxyl groups is 1. The number of hydrogen-bond acceptors (Lipinski definition) is 2. The predicted octanol–water partition coefficient (Wildman–Crippen LogP) is 2.37. The van der Waals surface area contributed by atoms with Crippen LogP contribution in [-0.4, -0.2) is 11.7 Å². The topological polar surface area (TPSA) is 46.2 Å². The first-order chi connectivity index (χ1) is 8.29. The summed E-state index contributed by atoms with van der Waals surface area (Å²) >= 11 is 0. The van der Waals surface area contributed by atoms with Gasteiger partial charge in [0, 0.05) is 5.56 Å². The van der Waals surface area contributed by atoms with E-state index in [9.17, 15) is 5.11 Å². The van der Waals surface area contributed by atoms with Gasteiger partial charge in [0.1, 0.15) is 5.75 Å². The zero-order valence-electron chi connectivity index (χ0n) is 9.35. The van der Waals surface area contributed by atoms with E-state index in [1.165, 1.54) is 0 Å². The van der Waals surface area contributed by atoms with Crippen molar-refractivity contribution < 1.29 is 5.11 Å². The first-order valence-corrected chi connectivity index (χ1v) is 5.38. The Morgan fingerprint density at radius 1 is 0.882 bits per heavy atom.